The molecule has 0 saturated heterocycles. The lowest BCUT2D eigenvalue weighted by molar-refractivity contribution is -0.141. The Bertz CT molecular complexity index is 1420. The number of hydrogen-bond acceptors (Lipinski definition) is 8. The van der Waals surface area contributed by atoms with Gasteiger partial charge in [0.2, 0.25) is 0 Å². The normalized spacial score (nSPS) is 15.7. The van der Waals surface area contributed by atoms with Crippen molar-refractivity contribution in [2.24, 2.45) is 0 Å². The van der Waals surface area contributed by atoms with Crippen molar-refractivity contribution in [2.45, 2.75) is 45.1 Å². The monoisotopic (exact) mass is 531 g/mol. The van der Waals surface area contributed by atoms with Crippen LogP contribution in [0.15, 0.2) is 36.5 Å². The molecular formula is C27H24F3NO7. The molecular weight excluding hydrogens is 507 g/mol. The van der Waals surface area contributed by atoms with Gasteiger partial charge in [-0.1, -0.05) is 12.1 Å². The Morgan fingerprint density at radius 3 is 2.37 bits per heavy atom. The van der Waals surface area contributed by atoms with Crippen LogP contribution in [0.25, 0.3) is 0 Å². The van der Waals surface area contributed by atoms with Gasteiger partial charge < -0.3 is 24.8 Å². The number of carbonyl (C=O) groups is 2. The molecule has 38 heavy (non-hydrogen) atoms. The molecule has 0 radical (unpaired) electrons. The van der Waals surface area contributed by atoms with Crippen molar-refractivity contribution >= 4 is 11.8 Å². The third kappa shape index (κ3) is 4.76. The number of aryl methyl sites for hydroxylation is 1. The number of halogens is 3. The molecule has 2 aromatic carbocycles. The number of phenols is 2. The van der Waals surface area contributed by atoms with Gasteiger partial charge in [0.1, 0.15) is 23.4 Å². The van der Waals surface area contributed by atoms with Crippen molar-refractivity contribution < 1.29 is 47.6 Å². The predicted molar refractivity (Wildman–Crippen MR) is 127 cm³/mol. The van der Waals surface area contributed by atoms with Gasteiger partial charge in [-0.05, 0) is 37.6 Å². The summed E-state index contributed by atoms with van der Waals surface area (Å²) in [6.07, 6.45) is -4.63. The van der Waals surface area contributed by atoms with Crippen molar-refractivity contribution in [1.82, 2.24) is 4.98 Å². The maximum absolute atomic E-state index is 13.2. The fraction of sp³-hybridized carbons (Fsp3) is 0.296. The highest BCUT2D eigenvalue weighted by molar-refractivity contribution is 5.98. The summed E-state index contributed by atoms with van der Waals surface area (Å²) in [5.41, 5.74) is -0.0703. The molecule has 3 N–H and O–H groups in total. The minimum absolute atomic E-state index is 0.0180. The van der Waals surface area contributed by atoms with Crippen molar-refractivity contribution in [3.05, 3.63) is 81.2 Å². The Hall–Kier alpha value is -4.12. The fourth-order valence-electron chi connectivity index (χ4n) is 4.61. The molecule has 0 fully saturated rings. The number of Topliss-reactive ketones (excluding diaryl/α,β-unsaturated/α-hetero) is 1. The molecule has 1 aliphatic rings. The first-order chi connectivity index (χ1) is 17.8. The quantitative estimate of drug-likeness (QED) is 0.298. The zero-order valence-electron chi connectivity index (χ0n) is 20.6. The molecule has 200 valence electrons. The lowest BCUT2D eigenvalue weighted by Crippen LogP contribution is -2.14. The number of nitrogens with zero attached hydrogens (tertiary/aromatic N) is 1. The Balaban J connectivity index is 1.96. The Labute approximate surface area is 215 Å². The van der Waals surface area contributed by atoms with E-state index in [2.05, 4.69) is 4.98 Å². The van der Waals surface area contributed by atoms with Gasteiger partial charge in [0, 0.05) is 34.4 Å². The van der Waals surface area contributed by atoms with Gasteiger partial charge in [-0.15, -0.1) is 0 Å². The molecule has 2 heterocycles. The van der Waals surface area contributed by atoms with E-state index in [0.29, 0.717) is 16.8 Å². The zero-order valence-corrected chi connectivity index (χ0v) is 20.6. The number of aromatic hydroxyl groups is 3. The van der Waals surface area contributed by atoms with Crippen LogP contribution in [0.2, 0.25) is 0 Å². The molecule has 0 saturated carbocycles. The fourth-order valence-corrected chi connectivity index (χ4v) is 4.61. The molecule has 1 aromatic heterocycles. The topological polar surface area (TPSA) is 126 Å². The number of fused-ring (bicyclic) bond motifs is 1. The van der Waals surface area contributed by atoms with Gasteiger partial charge in [0.15, 0.2) is 5.78 Å². The number of aromatic nitrogens is 1. The van der Waals surface area contributed by atoms with Gasteiger partial charge in [-0.2, -0.15) is 13.2 Å². The van der Waals surface area contributed by atoms with Crippen molar-refractivity contribution in [2.75, 3.05) is 7.11 Å². The Kier molecular flexibility index (Phi) is 7.07. The van der Waals surface area contributed by atoms with E-state index in [-0.39, 0.29) is 34.6 Å². The van der Waals surface area contributed by atoms with Crippen molar-refractivity contribution in [3.63, 3.8) is 0 Å². The molecule has 1 aliphatic heterocycles. The standard InChI is InChI=1S/C27H24F3NO7/c1-12-23(34)21-15(10-31-12)11-38-26(21)19-8-17(13(2)32)24(35)22(25(19)36)18(9-20(33)37-3)14-4-6-16(7-5-14)27(28,29)30/h4-8,10,18,26,34-36H,9,11H2,1-3H3. The number of pyridine rings is 1. The molecule has 0 spiro atoms. The van der Waals surface area contributed by atoms with Crippen LogP contribution in [-0.4, -0.2) is 39.2 Å². The van der Waals surface area contributed by atoms with Crippen LogP contribution in [0.5, 0.6) is 17.2 Å². The average molecular weight is 531 g/mol. The van der Waals surface area contributed by atoms with Crippen LogP contribution in [0.4, 0.5) is 13.2 Å². The van der Waals surface area contributed by atoms with Crippen LogP contribution in [0.1, 0.15) is 74.8 Å². The molecule has 8 nitrogen and oxygen atoms in total. The Morgan fingerprint density at radius 2 is 1.79 bits per heavy atom. The van der Waals surface area contributed by atoms with E-state index in [4.69, 9.17) is 9.47 Å². The SMILES string of the molecule is COC(=O)CC(c1ccc(C(F)(F)F)cc1)c1c(O)c(C(C)=O)cc(C2OCc3cnc(C)c(O)c32)c1O. The first-order valence-corrected chi connectivity index (χ1v) is 11.5. The van der Waals surface area contributed by atoms with Gasteiger partial charge in [-0.25, -0.2) is 0 Å². The number of alkyl halides is 3. The number of rotatable bonds is 6. The van der Waals surface area contributed by atoms with Gasteiger partial charge >= 0.3 is 12.1 Å². The number of hydrogen-bond donors (Lipinski definition) is 3. The zero-order chi connectivity index (χ0) is 27.9. The van der Waals surface area contributed by atoms with E-state index in [9.17, 15) is 38.1 Å². The minimum atomic E-state index is -4.61. The lowest BCUT2D eigenvalue weighted by Gasteiger charge is -2.25. The number of esters is 1. The average Bonchev–Trinajstić information content (AvgIpc) is 3.29. The van der Waals surface area contributed by atoms with E-state index in [1.165, 1.54) is 19.2 Å². The highest BCUT2D eigenvalue weighted by Gasteiger charge is 2.37. The van der Waals surface area contributed by atoms with Crippen LogP contribution in [0.3, 0.4) is 0 Å². The highest BCUT2D eigenvalue weighted by Crippen LogP contribution is 2.50. The summed E-state index contributed by atoms with van der Waals surface area (Å²) in [5.74, 6) is -3.91. The predicted octanol–water partition coefficient (Wildman–Crippen LogP) is 5.04. The highest BCUT2D eigenvalue weighted by atomic mass is 19.4. The molecule has 0 aliphatic carbocycles. The molecule has 3 aromatic rings. The number of benzene rings is 2. The summed E-state index contributed by atoms with van der Waals surface area (Å²) in [7, 11) is 1.12. The van der Waals surface area contributed by atoms with Crippen molar-refractivity contribution in [3.8, 4) is 17.2 Å². The van der Waals surface area contributed by atoms with Crippen LogP contribution >= 0.6 is 0 Å². The summed E-state index contributed by atoms with van der Waals surface area (Å²) < 4.78 is 50.0. The second-order valence-corrected chi connectivity index (χ2v) is 8.96. The summed E-state index contributed by atoms with van der Waals surface area (Å²) >= 11 is 0. The number of ketones is 1. The van der Waals surface area contributed by atoms with E-state index in [1.54, 1.807) is 6.92 Å². The van der Waals surface area contributed by atoms with Crippen LogP contribution < -0.4 is 0 Å². The van der Waals surface area contributed by atoms with E-state index < -0.39 is 53.4 Å². The first-order valence-electron chi connectivity index (χ1n) is 11.5. The van der Waals surface area contributed by atoms with Gasteiger partial charge in [0.25, 0.3) is 0 Å². The number of carbonyl (C=O) groups excluding carboxylic acids is 2. The molecule has 0 amide bonds. The molecule has 0 bridgehead atoms. The summed E-state index contributed by atoms with van der Waals surface area (Å²) in [5, 5.41) is 33.2. The van der Waals surface area contributed by atoms with E-state index in [0.717, 1.165) is 31.4 Å². The largest absolute Gasteiger partial charge is 0.507 e. The number of phenolic OH excluding ortho intramolecular Hbond substituents is 2. The first kappa shape index (κ1) is 26.9. The number of ether oxygens (including phenoxy) is 2. The molecule has 2 unspecified atom stereocenters. The van der Waals surface area contributed by atoms with Crippen LogP contribution in [0, 0.1) is 6.92 Å². The molecule has 11 heteroatoms. The van der Waals surface area contributed by atoms with Crippen molar-refractivity contribution in [1.29, 1.82) is 0 Å². The smallest absolute Gasteiger partial charge is 0.416 e. The van der Waals surface area contributed by atoms with E-state index >= 15 is 0 Å². The summed E-state index contributed by atoms with van der Waals surface area (Å²) in [6.45, 7) is 2.80. The number of methoxy groups -OCH3 is 1. The van der Waals surface area contributed by atoms with Crippen LogP contribution in [-0.2, 0) is 27.1 Å². The van der Waals surface area contributed by atoms with Gasteiger partial charge in [0.05, 0.1) is 37.0 Å². The minimum Gasteiger partial charge on any atom is -0.507 e. The van der Waals surface area contributed by atoms with E-state index in [1.807, 2.05) is 0 Å². The third-order valence-corrected chi connectivity index (χ3v) is 6.61. The maximum Gasteiger partial charge on any atom is 0.416 e. The Morgan fingerprint density at radius 1 is 1.13 bits per heavy atom. The van der Waals surface area contributed by atoms with Gasteiger partial charge in [-0.3, -0.25) is 14.6 Å². The lowest BCUT2D eigenvalue weighted by atomic mass is 9.82. The summed E-state index contributed by atoms with van der Waals surface area (Å²) in [4.78, 5) is 28.9. The maximum atomic E-state index is 13.2. The second kappa shape index (κ2) is 9.97. The molecule has 4 rings (SSSR count). The summed E-state index contributed by atoms with van der Waals surface area (Å²) in [6, 6.07) is 5.10. The second-order valence-electron chi connectivity index (χ2n) is 8.96. The third-order valence-electron chi connectivity index (χ3n) is 6.61. The molecule has 2 atom stereocenters.